The summed E-state index contributed by atoms with van der Waals surface area (Å²) < 4.78 is 0. The number of pyridine rings is 2. The van der Waals surface area contributed by atoms with Gasteiger partial charge in [-0.1, -0.05) is 0 Å². The van der Waals surface area contributed by atoms with Crippen LogP contribution in [0.5, 0.6) is 0 Å². The Morgan fingerprint density at radius 1 is 1.07 bits per heavy atom. The minimum absolute atomic E-state index is 0.0277. The Kier molecular flexibility index (Phi) is 7.79. The summed E-state index contributed by atoms with van der Waals surface area (Å²) in [7, 11) is 0. The number of anilines is 4. The predicted molar refractivity (Wildman–Crippen MR) is 154 cm³/mol. The fourth-order valence-electron chi connectivity index (χ4n) is 5.20. The zero-order chi connectivity index (χ0) is 28.4. The van der Waals surface area contributed by atoms with E-state index in [4.69, 9.17) is 11.1 Å². The molecule has 10 heteroatoms. The summed E-state index contributed by atoms with van der Waals surface area (Å²) in [5.41, 5.74) is 10.5. The van der Waals surface area contributed by atoms with Crippen LogP contribution in [0.3, 0.4) is 0 Å². The van der Waals surface area contributed by atoms with E-state index in [2.05, 4.69) is 20.6 Å². The number of likely N-dealkylation sites (tertiary alicyclic amines) is 1. The van der Waals surface area contributed by atoms with Crippen molar-refractivity contribution in [2.75, 3.05) is 22.9 Å². The van der Waals surface area contributed by atoms with Crippen LogP contribution in [-0.2, 0) is 4.79 Å². The Bertz CT molecular complexity index is 1420. The summed E-state index contributed by atoms with van der Waals surface area (Å²) in [6.45, 7) is 3.88. The number of carbonyl (C=O) groups is 2. The van der Waals surface area contributed by atoms with Gasteiger partial charge in [-0.2, -0.15) is 0 Å². The maximum atomic E-state index is 12.8. The fourth-order valence-corrected chi connectivity index (χ4v) is 5.20. The number of aromatic nitrogens is 2. The van der Waals surface area contributed by atoms with E-state index < -0.39 is 6.10 Å². The van der Waals surface area contributed by atoms with E-state index in [1.54, 1.807) is 47.6 Å². The van der Waals surface area contributed by atoms with Gasteiger partial charge in [0.1, 0.15) is 17.7 Å². The molecule has 1 aromatic carbocycles. The summed E-state index contributed by atoms with van der Waals surface area (Å²) in [6.07, 6.45) is 6.21. The number of benzene rings is 1. The average Bonchev–Trinajstić information content (AvgIpc) is 3.80. The molecule has 1 saturated carbocycles. The molecule has 0 radical (unpaired) electrons. The number of aliphatic hydroxyl groups excluding tert-OH is 1. The third kappa shape index (κ3) is 5.96. The highest BCUT2D eigenvalue weighted by molar-refractivity contribution is 6.06. The second kappa shape index (κ2) is 11.4. The van der Waals surface area contributed by atoms with Gasteiger partial charge in [-0.25, -0.2) is 9.97 Å². The van der Waals surface area contributed by atoms with Crippen LogP contribution in [0, 0.1) is 5.92 Å². The van der Waals surface area contributed by atoms with Crippen molar-refractivity contribution >= 4 is 40.5 Å². The van der Waals surface area contributed by atoms with Crippen molar-refractivity contribution in [1.29, 1.82) is 0 Å². The topological polar surface area (TPSA) is 159 Å². The maximum Gasteiger partial charge on any atom is 0.256 e. The zero-order valence-electron chi connectivity index (χ0n) is 22.8. The molecule has 2 aromatic heterocycles. The summed E-state index contributed by atoms with van der Waals surface area (Å²) in [5, 5.41) is 22.7. The standard InChI is InChI=1S/C30H35N7O3/c1-17-3-4-22(16-37(17)30(40)18(2)38)26(31)24-12-14-34-28(32)27(24)35-23-9-7-20(8-10-23)29(39)36-25-15-21(11-13-33-25)19-5-6-19/h7-15,17-19,22,31,35,38H,3-6,16H2,1-2H3,(H2,32,34)(H,33,36,39)/p+1/t17-,18-,22+/m0/s1. The molecule has 5 rings (SSSR count). The first-order chi connectivity index (χ1) is 19.2. The predicted octanol–water partition coefficient (Wildman–Crippen LogP) is 2.49. The lowest BCUT2D eigenvalue weighted by Crippen LogP contribution is -2.55. The van der Waals surface area contributed by atoms with Crippen molar-refractivity contribution in [3.05, 3.63) is 71.5 Å². The number of rotatable bonds is 8. The van der Waals surface area contributed by atoms with Crippen molar-refractivity contribution < 1.29 is 20.1 Å². The summed E-state index contributed by atoms with van der Waals surface area (Å²) in [6, 6.07) is 12.8. The molecule has 1 aliphatic carbocycles. The lowest BCUT2D eigenvalue weighted by atomic mass is 9.86. The van der Waals surface area contributed by atoms with Crippen LogP contribution >= 0.6 is 0 Å². The molecule has 7 N–H and O–H groups in total. The molecule has 10 nitrogen and oxygen atoms in total. The molecule has 0 unspecified atom stereocenters. The van der Waals surface area contributed by atoms with Crippen LogP contribution < -0.4 is 21.8 Å². The van der Waals surface area contributed by atoms with Gasteiger partial charge in [-0.05, 0) is 93.5 Å². The SMILES string of the molecule is C[C@H](O)C(=O)N1C[C@H](C(=[NH2+])c2ccnc(N)c2Nc2ccc(C(=O)Nc3cc(C4CC4)ccn3)cc2)CC[C@@H]1C. The molecule has 1 saturated heterocycles. The van der Waals surface area contributed by atoms with Crippen LogP contribution in [0.25, 0.3) is 0 Å². The molecular weight excluding hydrogens is 506 g/mol. The third-order valence-electron chi connectivity index (χ3n) is 7.74. The Morgan fingerprint density at radius 3 is 2.50 bits per heavy atom. The Hall–Kier alpha value is -4.31. The second-order valence-electron chi connectivity index (χ2n) is 10.8. The summed E-state index contributed by atoms with van der Waals surface area (Å²) >= 11 is 0. The summed E-state index contributed by atoms with van der Waals surface area (Å²) in [4.78, 5) is 35.6. The van der Waals surface area contributed by atoms with Gasteiger partial charge in [0.15, 0.2) is 5.71 Å². The Labute approximate surface area is 233 Å². The zero-order valence-corrected chi connectivity index (χ0v) is 22.8. The van der Waals surface area contributed by atoms with Crippen molar-refractivity contribution in [3.63, 3.8) is 0 Å². The van der Waals surface area contributed by atoms with Crippen LogP contribution in [-0.4, -0.2) is 56.2 Å². The molecule has 3 aromatic rings. The normalized spacial score (nSPS) is 19.5. The highest BCUT2D eigenvalue weighted by Gasteiger charge is 2.36. The smallest absolute Gasteiger partial charge is 0.256 e. The average molecular weight is 543 g/mol. The minimum atomic E-state index is -1.06. The van der Waals surface area contributed by atoms with Gasteiger partial charge in [0.2, 0.25) is 0 Å². The fraction of sp³-hybridized carbons (Fsp3) is 0.367. The summed E-state index contributed by atoms with van der Waals surface area (Å²) in [5.74, 6) is 0.764. The number of hydrogen-bond acceptors (Lipinski definition) is 7. The molecule has 2 fully saturated rings. The molecular formula is C30H36N7O3+. The first-order valence-corrected chi connectivity index (χ1v) is 13.7. The van der Waals surface area contributed by atoms with Crippen molar-refractivity contribution in [2.24, 2.45) is 5.92 Å². The number of piperidine rings is 1. The van der Waals surface area contributed by atoms with Gasteiger partial charge in [0, 0.05) is 36.2 Å². The van der Waals surface area contributed by atoms with Crippen molar-refractivity contribution in [1.82, 2.24) is 14.9 Å². The Balaban J connectivity index is 1.29. The number of amides is 2. The van der Waals surface area contributed by atoms with Gasteiger partial charge in [0.05, 0.1) is 17.2 Å². The van der Waals surface area contributed by atoms with E-state index in [0.717, 1.165) is 12.8 Å². The molecule has 2 aliphatic rings. The van der Waals surface area contributed by atoms with Crippen LogP contribution in [0.2, 0.25) is 0 Å². The Morgan fingerprint density at radius 2 is 1.80 bits per heavy atom. The number of nitrogens with one attached hydrogen (secondary N) is 2. The third-order valence-corrected chi connectivity index (χ3v) is 7.74. The van der Waals surface area contributed by atoms with E-state index >= 15 is 0 Å². The quantitative estimate of drug-likeness (QED) is 0.274. The van der Waals surface area contributed by atoms with Crippen LogP contribution in [0.15, 0.2) is 54.9 Å². The van der Waals surface area contributed by atoms with E-state index in [-0.39, 0.29) is 29.6 Å². The lowest BCUT2D eigenvalue weighted by Gasteiger charge is -2.37. The molecule has 0 bridgehead atoms. The van der Waals surface area contributed by atoms with Gasteiger partial charge in [-0.3, -0.25) is 15.0 Å². The minimum Gasteiger partial charge on any atom is -0.384 e. The highest BCUT2D eigenvalue weighted by atomic mass is 16.3. The maximum absolute atomic E-state index is 12.8. The van der Waals surface area contributed by atoms with E-state index in [1.165, 1.54) is 25.3 Å². The largest absolute Gasteiger partial charge is 0.384 e. The monoisotopic (exact) mass is 542 g/mol. The lowest BCUT2D eigenvalue weighted by molar-refractivity contribution is -0.144. The molecule has 2 amide bonds. The van der Waals surface area contributed by atoms with E-state index in [1.807, 2.05) is 19.1 Å². The number of nitrogen functional groups attached to an aromatic ring is 1. The van der Waals surface area contributed by atoms with E-state index in [0.29, 0.717) is 46.5 Å². The van der Waals surface area contributed by atoms with Crippen molar-refractivity contribution in [3.8, 4) is 0 Å². The number of carbonyl (C=O) groups excluding carboxylic acids is 2. The highest BCUT2D eigenvalue weighted by Crippen LogP contribution is 2.40. The van der Waals surface area contributed by atoms with Gasteiger partial charge < -0.3 is 26.4 Å². The van der Waals surface area contributed by atoms with Crippen molar-refractivity contribution in [2.45, 2.75) is 57.6 Å². The first-order valence-electron chi connectivity index (χ1n) is 13.7. The van der Waals surface area contributed by atoms with Crippen LogP contribution in [0.4, 0.5) is 23.0 Å². The number of aliphatic hydroxyl groups is 1. The molecule has 3 atom stereocenters. The molecule has 3 heterocycles. The first kappa shape index (κ1) is 27.3. The van der Waals surface area contributed by atoms with Crippen LogP contribution in [0.1, 0.15) is 66.9 Å². The number of nitrogens with zero attached hydrogens (tertiary/aromatic N) is 3. The van der Waals surface area contributed by atoms with Gasteiger partial charge in [0.25, 0.3) is 11.8 Å². The van der Waals surface area contributed by atoms with E-state index in [9.17, 15) is 14.7 Å². The molecule has 208 valence electrons. The number of nitrogens with two attached hydrogens (primary N) is 2. The van der Waals surface area contributed by atoms with Gasteiger partial charge >= 0.3 is 0 Å². The van der Waals surface area contributed by atoms with Gasteiger partial charge in [-0.15, -0.1) is 0 Å². The number of hydrogen-bond donors (Lipinski definition) is 5. The molecule has 1 aliphatic heterocycles. The molecule has 40 heavy (non-hydrogen) atoms. The molecule has 0 spiro atoms. The second-order valence-corrected chi connectivity index (χ2v) is 10.8.